The maximum atomic E-state index is 12.5. The van der Waals surface area contributed by atoms with Gasteiger partial charge >= 0.3 is 5.76 Å². The fourth-order valence-electron chi connectivity index (χ4n) is 2.15. The van der Waals surface area contributed by atoms with Gasteiger partial charge in [-0.3, -0.25) is 4.79 Å². The monoisotopic (exact) mass is 397 g/mol. The van der Waals surface area contributed by atoms with Crippen molar-refractivity contribution >= 4 is 27.5 Å². The number of carbonyl (C=O) groups is 1. The second kappa shape index (κ2) is 8.63. The van der Waals surface area contributed by atoms with Crippen molar-refractivity contribution in [3.8, 4) is 11.5 Å². The van der Waals surface area contributed by atoms with E-state index in [0.29, 0.717) is 17.1 Å². The summed E-state index contributed by atoms with van der Waals surface area (Å²) in [7, 11) is -1.66. The van der Waals surface area contributed by atoms with E-state index in [0.717, 1.165) is 12.1 Å². The second-order valence-electron chi connectivity index (χ2n) is 5.26. The molecule has 2 aromatic carbocycles. The number of nitrogens with one attached hydrogen (secondary N) is 1. The van der Waals surface area contributed by atoms with Gasteiger partial charge < -0.3 is 14.8 Å². The number of amides is 1. The van der Waals surface area contributed by atoms with Gasteiger partial charge in [0.15, 0.2) is 0 Å². The molecule has 2 aromatic rings. The van der Waals surface area contributed by atoms with Crippen molar-refractivity contribution in [1.82, 2.24) is 0 Å². The molecule has 0 heterocycles. The third-order valence-electron chi connectivity index (χ3n) is 3.54. The predicted molar refractivity (Wildman–Crippen MR) is 96.8 cm³/mol. The SMILES string of the molecule is COc1ccc(OC)c(/C=C/C(=O)Nc2ccc(S(=O)(=O)C(F)F)cc2)c1. The lowest BCUT2D eigenvalue weighted by Crippen LogP contribution is -2.12. The van der Waals surface area contributed by atoms with Gasteiger partial charge in [-0.1, -0.05) is 0 Å². The van der Waals surface area contributed by atoms with E-state index in [-0.39, 0.29) is 5.69 Å². The number of rotatable bonds is 7. The molecule has 2 rings (SSSR count). The Balaban J connectivity index is 2.11. The van der Waals surface area contributed by atoms with Crippen LogP contribution in [-0.4, -0.2) is 34.3 Å². The molecule has 0 aliphatic rings. The van der Waals surface area contributed by atoms with E-state index in [2.05, 4.69) is 5.32 Å². The molecule has 0 aromatic heterocycles. The number of ether oxygens (including phenoxy) is 2. The number of hydrogen-bond donors (Lipinski definition) is 1. The highest BCUT2D eigenvalue weighted by Crippen LogP contribution is 2.25. The summed E-state index contributed by atoms with van der Waals surface area (Å²) in [4.78, 5) is 11.5. The molecule has 0 atom stereocenters. The Hall–Kier alpha value is -2.94. The minimum absolute atomic E-state index is 0.260. The van der Waals surface area contributed by atoms with E-state index in [1.165, 1.54) is 38.5 Å². The summed E-state index contributed by atoms with van der Waals surface area (Å²) in [5.41, 5.74) is 0.876. The molecule has 6 nitrogen and oxygen atoms in total. The minimum Gasteiger partial charge on any atom is -0.497 e. The van der Waals surface area contributed by atoms with Crippen molar-refractivity contribution < 1.29 is 31.5 Å². The number of alkyl halides is 2. The van der Waals surface area contributed by atoms with Crippen LogP contribution in [0.3, 0.4) is 0 Å². The highest BCUT2D eigenvalue weighted by atomic mass is 32.2. The van der Waals surface area contributed by atoms with Crippen LogP contribution in [0.4, 0.5) is 14.5 Å². The quantitative estimate of drug-likeness (QED) is 0.725. The first-order valence-corrected chi connectivity index (χ1v) is 9.15. The highest BCUT2D eigenvalue weighted by Gasteiger charge is 2.26. The first-order valence-electron chi connectivity index (χ1n) is 7.61. The van der Waals surface area contributed by atoms with Crippen LogP contribution in [-0.2, 0) is 14.6 Å². The van der Waals surface area contributed by atoms with E-state index in [9.17, 15) is 22.0 Å². The Bertz CT molecular complexity index is 941. The lowest BCUT2D eigenvalue weighted by atomic mass is 10.1. The zero-order chi connectivity index (χ0) is 20.0. The van der Waals surface area contributed by atoms with Gasteiger partial charge in [0.05, 0.1) is 19.1 Å². The highest BCUT2D eigenvalue weighted by molar-refractivity contribution is 7.91. The van der Waals surface area contributed by atoms with Crippen LogP contribution in [0.1, 0.15) is 5.56 Å². The van der Waals surface area contributed by atoms with Crippen molar-refractivity contribution in [1.29, 1.82) is 0 Å². The lowest BCUT2D eigenvalue weighted by molar-refractivity contribution is -0.111. The molecule has 9 heteroatoms. The number of hydrogen-bond acceptors (Lipinski definition) is 5. The van der Waals surface area contributed by atoms with E-state index in [1.54, 1.807) is 18.2 Å². The molecule has 0 spiro atoms. The molecular weight excluding hydrogens is 380 g/mol. The first-order chi connectivity index (χ1) is 12.8. The Kier molecular flexibility index (Phi) is 6.51. The summed E-state index contributed by atoms with van der Waals surface area (Å²) < 4.78 is 58.1. The molecule has 0 bridgehead atoms. The van der Waals surface area contributed by atoms with Gasteiger partial charge in [-0.2, -0.15) is 8.78 Å². The number of methoxy groups -OCH3 is 2. The molecule has 0 saturated carbocycles. The Morgan fingerprint density at radius 1 is 1.07 bits per heavy atom. The molecule has 0 radical (unpaired) electrons. The largest absolute Gasteiger partial charge is 0.497 e. The third kappa shape index (κ3) is 5.04. The molecule has 0 unspecified atom stereocenters. The van der Waals surface area contributed by atoms with E-state index >= 15 is 0 Å². The predicted octanol–water partition coefficient (Wildman–Crippen LogP) is 3.35. The summed E-state index contributed by atoms with van der Waals surface area (Å²) >= 11 is 0. The van der Waals surface area contributed by atoms with Gasteiger partial charge in [-0.15, -0.1) is 0 Å². The molecule has 0 fully saturated rings. The topological polar surface area (TPSA) is 81.7 Å². The standard InChI is InChI=1S/C18H17F2NO5S/c1-25-14-6-9-16(26-2)12(11-14)3-10-17(22)21-13-4-7-15(8-5-13)27(23,24)18(19)20/h3-11,18H,1-2H3,(H,21,22)/b10-3+. The maximum absolute atomic E-state index is 12.5. The van der Waals surface area contributed by atoms with Crippen LogP contribution in [0, 0.1) is 0 Å². The lowest BCUT2D eigenvalue weighted by Gasteiger charge is -2.07. The van der Waals surface area contributed by atoms with Crippen LogP contribution >= 0.6 is 0 Å². The molecule has 27 heavy (non-hydrogen) atoms. The molecule has 0 aliphatic carbocycles. The average Bonchev–Trinajstić information content (AvgIpc) is 2.66. The summed E-state index contributed by atoms with van der Waals surface area (Å²) in [6.07, 6.45) is 2.77. The van der Waals surface area contributed by atoms with Gasteiger partial charge in [0.1, 0.15) is 11.5 Å². The van der Waals surface area contributed by atoms with Crippen molar-refractivity contribution in [2.24, 2.45) is 0 Å². The van der Waals surface area contributed by atoms with Crippen molar-refractivity contribution in [3.63, 3.8) is 0 Å². The van der Waals surface area contributed by atoms with E-state index in [1.807, 2.05) is 0 Å². The summed E-state index contributed by atoms with van der Waals surface area (Å²) in [5.74, 6) is -2.86. The average molecular weight is 397 g/mol. The zero-order valence-corrected chi connectivity index (χ0v) is 15.3. The number of sulfone groups is 1. The maximum Gasteiger partial charge on any atom is 0.341 e. The van der Waals surface area contributed by atoms with Crippen LogP contribution < -0.4 is 14.8 Å². The van der Waals surface area contributed by atoms with E-state index < -0.39 is 26.4 Å². The zero-order valence-electron chi connectivity index (χ0n) is 14.5. The second-order valence-corrected chi connectivity index (χ2v) is 7.18. The van der Waals surface area contributed by atoms with Gasteiger partial charge in [-0.05, 0) is 48.5 Å². The smallest absolute Gasteiger partial charge is 0.341 e. The van der Waals surface area contributed by atoms with Crippen molar-refractivity contribution in [3.05, 3.63) is 54.1 Å². The Labute approximate surface area is 155 Å². The van der Waals surface area contributed by atoms with Crippen LogP contribution in [0.25, 0.3) is 6.08 Å². The van der Waals surface area contributed by atoms with Gasteiger partial charge in [0.25, 0.3) is 0 Å². The third-order valence-corrected chi connectivity index (χ3v) is 4.93. The van der Waals surface area contributed by atoms with Crippen LogP contribution in [0.5, 0.6) is 11.5 Å². The summed E-state index contributed by atoms with van der Waals surface area (Å²) in [5, 5.41) is 2.51. The number of carbonyl (C=O) groups excluding carboxylic acids is 1. The number of halogens is 2. The molecule has 0 aliphatic heterocycles. The summed E-state index contributed by atoms with van der Waals surface area (Å²) in [6, 6.07) is 9.56. The Morgan fingerprint density at radius 2 is 1.74 bits per heavy atom. The molecular formula is C18H17F2NO5S. The fourth-order valence-corrected chi connectivity index (χ4v) is 2.87. The van der Waals surface area contributed by atoms with Gasteiger partial charge in [0, 0.05) is 17.3 Å². The normalized spacial score (nSPS) is 11.6. The molecule has 144 valence electrons. The van der Waals surface area contributed by atoms with Crippen LogP contribution in [0.15, 0.2) is 53.4 Å². The minimum atomic E-state index is -4.67. The number of anilines is 1. The first kappa shape index (κ1) is 20.4. The van der Waals surface area contributed by atoms with Gasteiger partial charge in [0.2, 0.25) is 15.7 Å². The van der Waals surface area contributed by atoms with Gasteiger partial charge in [-0.25, -0.2) is 8.42 Å². The fraction of sp³-hybridized carbons (Fsp3) is 0.167. The molecule has 1 amide bonds. The van der Waals surface area contributed by atoms with Crippen LogP contribution in [0.2, 0.25) is 0 Å². The van der Waals surface area contributed by atoms with E-state index in [4.69, 9.17) is 9.47 Å². The molecule has 0 saturated heterocycles. The molecule has 1 N–H and O–H groups in total. The Morgan fingerprint density at radius 3 is 2.30 bits per heavy atom. The summed E-state index contributed by atoms with van der Waals surface area (Å²) in [6.45, 7) is 0. The van der Waals surface area contributed by atoms with Crippen molar-refractivity contribution in [2.75, 3.05) is 19.5 Å². The van der Waals surface area contributed by atoms with Crippen molar-refractivity contribution in [2.45, 2.75) is 10.7 Å². The number of benzene rings is 2.